The highest BCUT2D eigenvalue weighted by atomic mass is 32.1. The molecule has 114 heavy (non-hydrogen) atoms. The van der Waals surface area contributed by atoms with Gasteiger partial charge < -0.3 is 18.3 Å². The van der Waals surface area contributed by atoms with Crippen molar-refractivity contribution in [2.24, 2.45) is 0 Å². The molecule has 8 aromatic heterocycles. The second kappa shape index (κ2) is 26.5. The standard InChI is InChI=1S/2C51H31N5S/c1-4-16-32(17-5-1)49-52-50(33-18-6-2-7-19-33)54-51(53-49)41-31-35(30-40-37-23-12-15-27-45(37)57-48(40)41)56-42-25-13-10-22-36(42)38-28-29-44-46(47(38)56)39-24-11-14-26-43(39)55(44)34-20-8-3-9-21-34;1-4-16-32(17-5-1)49-52-50(33-18-6-2-7-19-33)54-51(53-49)42-31-35(30-41-38-24-12-15-27-45(38)57-48(41)42)56-44-26-14-11-23-37(44)40-29-28-39-36-22-10-13-25-43(36)55(46(39)47(40)56)34-20-8-3-9-21-34/h2*1-31H. The maximum absolute atomic E-state index is 5.27. The van der Waals surface area contributed by atoms with Crippen LogP contribution in [0, 0.1) is 0 Å². The quantitative estimate of drug-likeness (QED) is 0.135. The summed E-state index contributed by atoms with van der Waals surface area (Å²) >= 11 is 3.58. The van der Waals surface area contributed by atoms with Crippen molar-refractivity contribution in [3.8, 4) is 91.1 Å². The summed E-state index contributed by atoms with van der Waals surface area (Å²) in [5.74, 6) is 3.87. The summed E-state index contributed by atoms with van der Waals surface area (Å²) in [5.41, 5.74) is 19.4. The molecule has 0 aliphatic carbocycles. The van der Waals surface area contributed by atoms with E-state index in [4.69, 9.17) is 29.9 Å². The maximum atomic E-state index is 5.27. The first-order valence-electron chi connectivity index (χ1n) is 38.2. The van der Waals surface area contributed by atoms with Gasteiger partial charge in [0.25, 0.3) is 0 Å². The Kier molecular flexibility index (Phi) is 15.1. The maximum Gasteiger partial charge on any atom is 0.165 e. The molecule has 0 atom stereocenters. The molecule has 0 unspecified atom stereocenters. The summed E-state index contributed by atoms with van der Waals surface area (Å²) in [7, 11) is 0. The second-order valence-electron chi connectivity index (χ2n) is 28.8. The third kappa shape index (κ3) is 10.5. The highest BCUT2D eigenvalue weighted by Gasteiger charge is 2.28. The van der Waals surface area contributed by atoms with Gasteiger partial charge in [0, 0.05) is 140 Å². The number of hydrogen-bond acceptors (Lipinski definition) is 8. The molecule has 0 saturated carbocycles. The predicted molar refractivity (Wildman–Crippen MR) is 475 cm³/mol. The molecule has 0 saturated heterocycles. The van der Waals surface area contributed by atoms with Gasteiger partial charge in [-0.05, 0) is 91.0 Å². The zero-order chi connectivity index (χ0) is 74.9. The van der Waals surface area contributed by atoms with Gasteiger partial charge in [-0.2, -0.15) is 0 Å². The summed E-state index contributed by atoms with van der Waals surface area (Å²) in [6.07, 6.45) is 0. The molecular weight excluding hydrogens is 1430 g/mol. The lowest BCUT2D eigenvalue weighted by Gasteiger charge is -2.15. The molecule has 0 bridgehead atoms. The average Bonchev–Trinajstić information content (AvgIpc) is 1.54. The van der Waals surface area contributed by atoms with Crippen LogP contribution < -0.4 is 0 Å². The van der Waals surface area contributed by atoms with Gasteiger partial charge in [-0.1, -0.05) is 285 Å². The molecular formula is C102H62N10S2. The van der Waals surface area contributed by atoms with Gasteiger partial charge in [-0.25, -0.2) is 29.9 Å². The van der Waals surface area contributed by atoms with Crippen LogP contribution in [0.2, 0.25) is 0 Å². The summed E-state index contributed by atoms with van der Waals surface area (Å²) in [4.78, 5) is 31.2. The Morgan fingerprint density at radius 3 is 0.877 bits per heavy atom. The van der Waals surface area contributed by atoms with Crippen LogP contribution in [0.3, 0.4) is 0 Å². The third-order valence-corrected chi connectivity index (χ3v) is 24.7. The van der Waals surface area contributed by atoms with E-state index < -0.39 is 0 Å². The van der Waals surface area contributed by atoms with Crippen LogP contribution >= 0.6 is 22.7 Å². The SMILES string of the molecule is c1ccc(-c2nc(-c3ccccc3)nc(-c3cc(-n4c5ccccc5c5ccc6c(c7ccccc7n6-c6ccccc6)c54)cc4c3sc3ccccc34)n2)cc1.c1ccc(-c2nc(-c3ccccc3)nc(-c3cc(-n4c5ccccc5c5ccc6c7ccccc7n(-c7ccccc7)c6c54)cc4c3sc3ccccc34)n2)cc1. The number of nitrogens with zero attached hydrogens (tertiary/aromatic N) is 10. The lowest BCUT2D eigenvalue weighted by atomic mass is 10.1. The molecule has 0 aliphatic heterocycles. The van der Waals surface area contributed by atoms with Crippen LogP contribution in [0.15, 0.2) is 376 Å². The van der Waals surface area contributed by atoms with Gasteiger partial charge >= 0.3 is 0 Å². The second-order valence-corrected chi connectivity index (χ2v) is 30.9. The highest BCUT2D eigenvalue weighted by molar-refractivity contribution is 7.26. The van der Waals surface area contributed by atoms with Gasteiger partial charge in [-0.15, -0.1) is 22.7 Å². The van der Waals surface area contributed by atoms with Crippen LogP contribution in [0.25, 0.3) is 219 Å². The lowest BCUT2D eigenvalue weighted by Crippen LogP contribution is -2.02. The van der Waals surface area contributed by atoms with Crippen molar-refractivity contribution in [2.75, 3.05) is 0 Å². The van der Waals surface area contributed by atoms with Crippen molar-refractivity contribution in [1.29, 1.82) is 0 Å². The van der Waals surface area contributed by atoms with Crippen LogP contribution in [0.4, 0.5) is 0 Å². The number of thiophene rings is 2. The molecule has 24 rings (SSSR count). The number of aromatic nitrogens is 10. The van der Waals surface area contributed by atoms with E-state index >= 15 is 0 Å². The van der Waals surface area contributed by atoms with Crippen molar-refractivity contribution in [2.45, 2.75) is 0 Å². The highest BCUT2D eigenvalue weighted by Crippen LogP contribution is 2.49. The van der Waals surface area contributed by atoms with Gasteiger partial charge in [0.15, 0.2) is 34.9 Å². The Hall–Kier alpha value is -14.8. The summed E-state index contributed by atoms with van der Waals surface area (Å²) < 4.78 is 14.5. The molecule has 0 spiro atoms. The van der Waals surface area contributed by atoms with Crippen molar-refractivity contribution < 1.29 is 0 Å². The summed E-state index contributed by atoms with van der Waals surface area (Å²) in [6.45, 7) is 0. The first-order chi connectivity index (χ1) is 56.6. The van der Waals surface area contributed by atoms with E-state index in [1.54, 1.807) is 22.7 Å². The Morgan fingerprint density at radius 2 is 0.474 bits per heavy atom. The van der Waals surface area contributed by atoms with Crippen molar-refractivity contribution >= 4 is 150 Å². The van der Waals surface area contributed by atoms with Crippen molar-refractivity contribution in [1.82, 2.24) is 48.2 Å². The van der Waals surface area contributed by atoms with Crippen LogP contribution in [0.5, 0.6) is 0 Å². The van der Waals surface area contributed by atoms with Gasteiger partial charge in [0.2, 0.25) is 0 Å². The van der Waals surface area contributed by atoms with E-state index in [0.29, 0.717) is 34.9 Å². The minimum absolute atomic E-state index is 0.644. The Labute approximate surface area is 661 Å². The lowest BCUT2D eigenvalue weighted by molar-refractivity contribution is 1.07. The topological polar surface area (TPSA) is 97.1 Å². The fraction of sp³-hybridized carbons (Fsp3) is 0. The molecule has 0 fully saturated rings. The smallest absolute Gasteiger partial charge is 0.165 e. The molecule has 16 aromatic carbocycles. The molecule has 0 radical (unpaired) electrons. The number of benzene rings is 16. The monoisotopic (exact) mass is 1490 g/mol. The Bertz CT molecular complexity index is 7840. The summed E-state index contributed by atoms with van der Waals surface area (Å²) in [6, 6.07) is 133. The van der Waals surface area contributed by atoms with E-state index in [9.17, 15) is 0 Å². The molecule has 532 valence electrons. The Balaban J connectivity index is 0.000000135. The molecule has 12 heteroatoms. The van der Waals surface area contributed by atoms with Crippen molar-refractivity contribution in [3.05, 3.63) is 376 Å². The molecule has 8 heterocycles. The molecule has 0 aliphatic rings. The largest absolute Gasteiger partial charge is 0.309 e. The minimum atomic E-state index is 0.644. The number of hydrogen-bond donors (Lipinski definition) is 0. The molecule has 0 N–H and O–H groups in total. The van der Waals surface area contributed by atoms with E-state index in [-0.39, 0.29) is 0 Å². The molecule has 24 aromatic rings. The van der Waals surface area contributed by atoms with Crippen LogP contribution in [-0.2, 0) is 0 Å². The third-order valence-electron chi connectivity index (χ3n) is 22.3. The molecule has 10 nitrogen and oxygen atoms in total. The number of fused-ring (bicyclic) bond motifs is 20. The number of para-hydroxylation sites is 6. The minimum Gasteiger partial charge on any atom is -0.309 e. The van der Waals surface area contributed by atoms with E-state index in [2.05, 4.69) is 322 Å². The van der Waals surface area contributed by atoms with Crippen molar-refractivity contribution in [3.63, 3.8) is 0 Å². The van der Waals surface area contributed by atoms with E-state index in [1.807, 2.05) is 72.8 Å². The Morgan fingerprint density at radius 1 is 0.184 bits per heavy atom. The average molecular weight is 1490 g/mol. The normalized spacial score (nSPS) is 11.9. The summed E-state index contributed by atoms with van der Waals surface area (Å²) in [5, 5.41) is 14.5. The fourth-order valence-electron chi connectivity index (χ4n) is 17.3. The fourth-order valence-corrected chi connectivity index (χ4v) is 19.7. The van der Waals surface area contributed by atoms with Gasteiger partial charge in [-0.3, -0.25) is 0 Å². The zero-order valence-corrected chi connectivity index (χ0v) is 62.7. The number of rotatable bonds is 10. The van der Waals surface area contributed by atoms with Gasteiger partial charge in [0.1, 0.15) is 0 Å². The van der Waals surface area contributed by atoms with Crippen LogP contribution in [0.1, 0.15) is 0 Å². The zero-order valence-electron chi connectivity index (χ0n) is 61.1. The predicted octanol–water partition coefficient (Wildman–Crippen LogP) is 26.9. The van der Waals surface area contributed by atoms with E-state index in [0.717, 1.165) is 82.1 Å². The molecule has 0 amide bonds. The first-order valence-corrected chi connectivity index (χ1v) is 39.9. The van der Waals surface area contributed by atoms with E-state index in [1.165, 1.54) is 102 Å². The van der Waals surface area contributed by atoms with Crippen LogP contribution in [-0.4, -0.2) is 48.2 Å². The first kappa shape index (κ1) is 65.1. The van der Waals surface area contributed by atoms with Gasteiger partial charge in [0.05, 0.1) is 44.1 Å².